The Morgan fingerprint density at radius 2 is 2.45 bits per heavy atom. The van der Waals surface area contributed by atoms with Gasteiger partial charge in [-0.15, -0.1) is 0 Å². The largest absolute Gasteiger partial charge is 0.389 e. The zero-order valence-corrected chi connectivity index (χ0v) is 11.6. The van der Waals surface area contributed by atoms with E-state index in [4.69, 9.17) is 0 Å². The topological polar surface area (TPSA) is 81.2 Å². The van der Waals surface area contributed by atoms with Gasteiger partial charge in [-0.25, -0.2) is 9.78 Å². The van der Waals surface area contributed by atoms with Crippen molar-refractivity contribution in [2.45, 2.75) is 44.2 Å². The second-order valence-electron chi connectivity index (χ2n) is 5.94. The molecule has 3 N–H and O–H groups in total. The van der Waals surface area contributed by atoms with Crippen LogP contribution in [0.5, 0.6) is 0 Å². The van der Waals surface area contributed by atoms with Gasteiger partial charge in [0.05, 0.1) is 12.1 Å². The van der Waals surface area contributed by atoms with Crippen LogP contribution in [0.2, 0.25) is 0 Å². The fourth-order valence-corrected chi connectivity index (χ4v) is 3.42. The Morgan fingerprint density at radius 1 is 1.55 bits per heavy atom. The third-order valence-electron chi connectivity index (χ3n) is 4.68. The van der Waals surface area contributed by atoms with E-state index < -0.39 is 5.60 Å². The van der Waals surface area contributed by atoms with Crippen molar-refractivity contribution < 1.29 is 9.90 Å². The quantitative estimate of drug-likeness (QED) is 0.761. The molecule has 1 aromatic rings. The second kappa shape index (κ2) is 5.44. The highest BCUT2D eigenvalue weighted by molar-refractivity contribution is 5.74. The Balaban J connectivity index is 1.54. The minimum Gasteiger partial charge on any atom is -0.389 e. The van der Waals surface area contributed by atoms with Crippen LogP contribution in [0.3, 0.4) is 0 Å². The molecular formula is C14H22N4O2. The SMILES string of the molecule is O=C(NCc1ncc[nH]1)N1CC[C@@]2(O)CCCC[C@H]2C1. The maximum Gasteiger partial charge on any atom is 0.317 e. The Bertz CT molecular complexity index is 462. The normalized spacial score (nSPS) is 29.9. The van der Waals surface area contributed by atoms with Crippen molar-refractivity contribution in [2.75, 3.05) is 13.1 Å². The molecule has 1 saturated heterocycles. The van der Waals surface area contributed by atoms with Gasteiger partial charge in [-0.1, -0.05) is 12.8 Å². The van der Waals surface area contributed by atoms with Crippen molar-refractivity contribution in [1.82, 2.24) is 20.2 Å². The molecule has 0 aromatic carbocycles. The molecule has 0 bridgehead atoms. The number of aromatic nitrogens is 2. The predicted molar refractivity (Wildman–Crippen MR) is 73.9 cm³/mol. The van der Waals surface area contributed by atoms with E-state index >= 15 is 0 Å². The van der Waals surface area contributed by atoms with E-state index in [-0.39, 0.29) is 11.9 Å². The molecule has 2 atom stereocenters. The van der Waals surface area contributed by atoms with Crippen LogP contribution in [0.1, 0.15) is 37.9 Å². The van der Waals surface area contributed by atoms with Gasteiger partial charge in [-0.3, -0.25) is 0 Å². The average molecular weight is 278 g/mol. The molecule has 20 heavy (non-hydrogen) atoms. The number of hydrogen-bond donors (Lipinski definition) is 3. The number of urea groups is 1. The summed E-state index contributed by atoms with van der Waals surface area (Å²) in [5, 5.41) is 13.5. The summed E-state index contributed by atoms with van der Waals surface area (Å²) in [6, 6.07) is -0.0611. The maximum atomic E-state index is 12.2. The number of nitrogens with one attached hydrogen (secondary N) is 2. The van der Waals surface area contributed by atoms with Crippen LogP contribution in [-0.2, 0) is 6.54 Å². The Morgan fingerprint density at radius 3 is 3.25 bits per heavy atom. The van der Waals surface area contributed by atoms with Crippen LogP contribution >= 0.6 is 0 Å². The van der Waals surface area contributed by atoms with E-state index in [2.05, 4.69) is 15.3 Å². The van der Waals surface area contributed by atoms with E-state index in [1.54, 1.807) is 12.4 Å². The van der Waals surface area contributed by atoms with Crippen LogP contribution in [0.25, 0.3) is 0 Å². The van der Waals surface area contributed by atoms with E-state index in [0.717, 1.165) is 31.5 Å². The summed E-state index contributed by atoms with van der Waals surface area (Å²) < 4.78 is 0. The molecule has 1 aromatic heterocycles. The summed E-state index contributed by atoms with van der Waals surface area (Å²) in [5.74, 6) is 0.990. The van der Waals surface area contributed by atoms with Gasteiger partial charge >= 0.3 is 6.03 Å². The number of carbonyl (C=O) groups is 1. The number of likely N-dealkylation sites (tertiary alicyclic amines) is 1. The number of piperidine rings is 1. The van der Waals surface area contributed by atoms with Crippen molar-refractivity contribution in [3.8, 4) is 0 Å². The molecule has 6 nitrogen and oxygen atoms in total. The molecule has 2 fully saturated rings. The van der Waals surface area contributed by atoms with E-state index in [1.807, 2.05) is 4.90 Å². The fourth-order valence-electron chi connectivity index (χ4n) is 3.42. The third-order valence-corrected chi connectivity index (χ3v) is 4.68. The van der Waals surface area contributed by atoms with Gasteiger partial charge in [-0.2, -0.15) is 0 Å². The molecule has 1 aliphatic carbocycles. The monoisotopic (exact) mass is 278 g/mol. The number of rotatable bonds is 2. The van der Waals surface area contributed by atoms with Gasteiger partial charge < -0.3 is 20.3 Å². The van der Waals surface area contributed by atoms with Crippen LogP contribution < -0.4 is 5.32 Å². The number of aliphatic hydroxyl groups is 1. The lowest BCUT2D eigenvalue weighted by Gasteiger charge is -2.47. The first-order chi connectivity index (χ1) is 9.67. The molecule has 6 heteroatoms. The van der Waals surface area contributed by atoms with Crippen LogP contribution in [0, 0.1) is 5.92 Å². The van der Waals surface area contributed by atoms with Crippen LogP contribution in [0.15, 0.2) is 12.4 Å². The molecule has 0 unspecified atom stereocenters. The zero-order chi connectivity index (χ0) is 14.0. The highest BCUT2D eigenvalue weighted by atomic mass is 16.3. The van der Waals surface area contributed by atoms with E-state index in [1.165, 1.54) is 0 Å². The number of amides is 2. The minimum absolute atomic E-state index is 0.0611. The molecule has 2 aliphatic rings. The first-order valence-electron chi connectivity index (χ1n) is 7.41. The number of hydrogen-bond acceptors (Lipinski definition) is 3. The van der Waals surface area contributed by atoms with Gasteiger partial charge in [0.25, 0.3) is 0 Å². The molecule has 2 heterocycles. The summed E-state index contributed by atoms with van der Waals surface area (Å²) in [5.41, 5.74) is -0.532. The third kappa shape index (κ3) is 2.65. The first kappa shape index (κ1) is 13.4. The number of nitrogens with zero attached hydrogens (tertiary/aromatic N) is 2. The Kier molecular flexibility index (Phi) is 3.65. The molecule has 1 aliphatic heterocycles. The lowest BCUT2D eigenvalue weighted by Crippen LogP contribution is -2.56. The highest BCUT2D eigenvalue weighted by Crippen LogP contribution is 2.39. The first-order valence-corrected chi connectivity index (χ1v) is 7.41. The zero-order valence-electron chi connectivity index (χ0n) is 11.6. The number of H-pyrrole nitrogens is 1. The molecule has 110 valence electrons. The second-order valence-corrected chi connectivity index (χ2v) is 5.94. The number of fused-ring (bicyclic) bond motifs is 1. The minimum atomic E-state index is -0.532. The van der Waals surface area contributed by atoms with Crippen LogP contribution in [-0.4, -0.2) is 44.7 Å². The average Bonchev–Trinajstić information content (AvgIpc) is 2.97. The molecule has 0 spiro atoms. The maximum absolute atomic E-state index is 12.2. The summed E-state index contributed by atoms with van der Waals surface area (Å²) >= 11 is 0. The fraction of sp³-hybridized carbons (Fsp3) is 0.714. The molecule has 3 rings (SSSR count). The van der Waals surface area contributed by atoms with Gasteiger partial charge in [0, 0.05) is 31.4 Å². The van der Waals surface area contributed by atoms with Crippen molar-refractivity contribution >= 4 is 6.03 Å². The van der Waals surface area contributed by atoms with Crippen LogP contribution in [0.4, 0.5) is 4.79 Å². The summed E-state index contributed by atoms with van der Waals surface area (Å²) in [6.45, 7) is 1.72. The van der Waals surface area contributed by atoms with E-state index in [0.29, 0.717) is 26.1 Å². The Labute approximate surface area is 118 Å². The van der Waals surface area contributed by atoms with Gasteiger partial charge in [0.1, 0.15) is 5.82 Å². The molecular weight excluding hydrogens is 256 g/mol. The molecule has 1 saturated carbocycles. The summed E-state index contributed by atoms with van der Waals surface area (Å²) in [4.78, 5) is 21.0. The number of imidazole rings is 1. The summed E-state index contributed by atoms with van der Waals surface area (Å²) in [7, 11) is 0. The smallest absolute Gasteiger partial charge is 0.317 e. The van der Waals surface area contributed by atoms with Crippen molar-refractivity contribution in [3.05, 3.63) is 18.2 Å². The van der Waals surface area contributed by atoms with Gasteiger partial charge in [-0.05, 0) is 19.3 Å². The van der Waals surface area contributed by atoms with Gasteiger partial charge in [0.15, 0.2) is 0 Å². The lowest BCUT2D eigenvalue weighted by atomic mass is 9.71. The number of carbonyl (C=O) groups excluding carboxylic acids is 1. The predicted octanol–water partition coefficient (Wildman–Crippen LogP) is 1.25. The van der Waals surface area contributed by atoms with Gasteiger partial charge in [0.2, 0.25) is 0 Å². The Hall–Kier alpha value is -1.56. The van der Waals surface area contributed by atoms with E-state index in [9.17, 15) is 9.90 Å². The standard InChI is InChI=1S/C14H22N4O2/c19-13(17-9-12-15-6-7-16-12)18-8-5-14(20)4-2-1-3-11(14)10-18/h6-7,11,20H,1-5,8-10H2,(H,15,16)(H,17,19)/t11-,14-/m0/s1. The highest BCUT2D eigenvalue weighted by Gasteiger charge is 2.43. The summed E-state index contributed by atoms with van der Waals surface area (Å²) in [6.07, 6.45) is 8.30. The van der Waals surface area contributed by atoms with Crippen molar-refractivity contribution in [2.24, 2.45) is 5.92 Å². The van der Waals surface area contributed by atoms with Crippen molar-refractivity contribution in [3.63, 3.8) is 0 Å². The molecule has 2 amide bonds. The lowest BCUT2D eigenvalue weighted by molar-refractivity contribution is -0.0870. The molecule has 0 radical (unpaired) electrons. The van der Waals surface area contributed by atoms with Crippen molar-refractivity contribution in [1.29, 1.82) is 0 Å². The number of aromatic amines is 1.